The number of imide groups is 2. The van der Waals surface area contributed by atoms with Gasteiger partial charge in [0, 0.05) is 11.3 Å². The zero-order valence-corrected chi connectivity index (χ0v) is 24.1. The Morgan fingerprint density at radius 3 is 1.50 bits per heavy atom. The highest BCUT2D eigenvalue weighted by Gasteiger charge is 2.77. The molecule has 2 aliphatic heterocycles. The number of amides is 4. The zero-order valence-electron chi connectivity index (χ0n) is 24.1. The summed E-state index contributed by atoms with van der Waals surface area (Å²) >= 11 is 0. The van der Waals surface area contributed by atoms with Crippen molar-refractivity contribution in [3.05, 3.63) is 120 Å². The molecule has 2 saturated heterocycles. The molecule has 0 spiro atoms. The maximum atomic E-state index is 14.6. The summed E-state index contributed by atoms with van der Waals surface area (Å²) in [7, 11) is 0. The fraction of sp³-hybridized carbons (Fsp3) is 0.278. The summed E-state index contributed by atoms with van der Waals surface area (Å²) in [6.45, 7) is 1.99. The van der Waals surface area contributed by atoms with Crippen molar-refractivity contribution >= 4 is 34.8 Å². The first-order valence-corrected chi connectivity index (χ1v) is 15.1. The van der Waals surface area contributed by atoms with Crippen LogP contribution in [0.5, 0.6) is 0 Å². The number of likely N-dealkylation sites (tertiary alicyclic amines) is 2. The molecule has 44 heavy (non-hydrogen) atoms. The van der Waals surface area contributed by atoms with Crippen molar-refractivity contribution in [1.29, 1.82) is 0 Å². The Morgan fingerprint density at radius 1 is 0.591 bits per heavy atom. The minimum absolute atomic E-state index is 0.00731. The maximum Gasteiger partial charge on any atom is 0.234 e. The lowest BCUT2D eigenvalue weighted by Crippen LogP contribution is -2.60. The molecule has 2 bridgehead atoms. The Kier molecular flexibility index (Phi) is 5.92. The summed E-state index contributed by atoms with van der Waals surface area (Å²) in [5.74, 6) is -4.12. The highest BCUT2D eigenvalue weighted by molar-refractivity contribution is 6.17. The van der Waals surface area contributed by atoms with Crippen molar-refractivity contribution in [3.63, 3.8) is 0 Å². The van der Waals surface area contributed by atoms with Gasteiger partial charge in [0.05, 0.1) is 49.3 Å². The number of carbonyl (C=O) groups is 4. The van der Waals surface area contributed by atoms with Crippen molar-refractivity contribution < 1.29 is 28.0 Å². The molecular weight excluding hydrogens is 556 g/mol. The topological polar surface area (TPSA) is 101 Å². The number of furan rings is 2. The average molecular weight is 587 g/mol. The first-order valence-electron chi connectivity index (χ1n) is 15.1. The van der Waals surface area contributed by atoms with Gasteiger partial charge in [0.1, 0.15) is 11.5 Å². The zero-order chi connectivity index (χ0) is 30.2. The van der Waals surface area contributed by atoms with Crippen LogP contribution in [0.2, 0.25) is 0 Å². The maximum absolute atomic E-state index is 14.6. The molecule has 2 unspecified atom stereocenters. The van der Waals surface area contributed by atoms with E-state index >= 15 is 0 Å². The summed E-state index contributed by atoms with van der Waals surface area (Å²) in [5.41, 5.74) is 2.45. The van der Waals surface area contributed by atoms with Gasteiger partial charge < -0.3 is 8.83 Å². The van der Waals surface area contributed by atoms with E-state index in [1.165, 1.54) is 22.3 Å². The quantitative estimate of drug-likeness (QED) is 0.268. The van der Waals surface area contributed by atoms with Gasteiger partial charge in [-0.05, 0) is 53.0 Å². The fourth-order valence-corrected chi connectivity index (χ4v) is 8.84. The Balaban J connectivity index is 1.39. The predicted molar refractivity (Wildman–Crippen MR) is 158 cm³/mol. The van der Waals surface area contributed by atoms with Crippen LogP contribution in [0, 0.1) is 35.0 Å². The molecule has 4 heterocycles. The van der Waals surface area contributed by atoms with Crippen LogP contribution in [0.15, 0.2) is 106 Å². The summed E-state index contributed by atoms with van der Waals surface area (Å²) in [6.07, 6.45) is 3.43. The smallest absolute Gasteiger partial charge is 0.234 e. The molecule has 0 radical (unpaired) electrons. The third-order valence-electron chi connectivity index (χ3n) is 10.4. The SMILES string of the molecule is CCC12C(c3ccccc3)=C(c3ccccc3)C([C@H]3C(=O)N(Cc4ccco4)C(=O)[C@@H]31)[C@@H]1C(=O)N(Cc3ccco3)C(=O)[C@H]12. The van der Waals surface area contributed by atoms with E-state index in [0.29, 0.717) is 17.9 Å². The van der Waals surface area contributed by atoms with E-state index in [9.17, 15) is 19.2 Å². The van der Waals surface area contributed by atoms with Crippen molar-refractivity contribution in [2.75, 3.05) is 0 Å². The van der Waals surface area contributed by atoms with Gasteiger partial charge in [0.25, 0.3) is 0 Å². The monoisotopic (exact) mass is 586 g/mol. The number of benzene rings is 2. The third-order valence-corrected chi connectivity index (χ3v) is 10.4. The van der Waals surface area contributed by atoms with Crippen molar-refractivity contribution in [3.8, 4) is 0 Å². The molecule has 1 saturated carbocycles. The summed E-state index contributed by atoms with van der Waals surface area (Å²) in [5, 5.41) is 0. The molecule has 5 aliphatic rings. The van der Waals surface area contributed by atoms with Gasteiger partial charge in [-0.2, -0.15) is 0 Å². The number of carbonyl (C=O) groups excluding carboxylic acids is 4. The highest BCUT2D eigenvalue weighted by Crippen LogP contribution is 2.73. The van der Waals surface area contributed by atoms with Crippen LogP contribution >= 0.6 is 0 Å². The van der Waals surface area contributed by atoms with E-state index in [0.717, 1.165) is 22.3 Å². The van der Waals surface area contributed by atoms with Crippen molar-refractivity contribution in [1.82, 2.24) is 9.80 Å². The van der Waals surface area contributed by atoms with Crippen LogP contribution in [0.1, 0.15) is 36.0 Å². The molecule has 2 aromatic heterocycles. The minimum Gasteiger partial charge on any atom is -0.467 e. The first kappa shape index (κ1) is 26.6. The highest BCUT2D eigenvalue weighted by atomic mass is 16.3. The Bertz CT molecular complexity index is 1730. The third kappa shape index (κ3) is 3.45. The second kappa shape index (κ2) is 9.77. The van der Waals surface area contributed by atoms with Gasteiger partial charge in [-0.25, -0.2) is 0 Å². The normalized spacial score (nSPS) is 29.2. The fourth-order valence-electron chi connectivity index (χ4n) is 8.84. The van der Waals surface area contributed by atoms with Crippen molar-refractivity contribution in [2.45, 2.75) is 26.4 Å². The average Bonchev–Trinajstić information content (AvgIpc) is 3.86. The molecule has 2 aromatic carbocycles. The van der Waals surface area contributed by atoms with Crippen LogP contribution in [0.4, 0.5) is 0 Å². The largest absolute Gasteiger partial charge is 0.467 e. The lowest BCUT2D eigenvalue weighted by Gasteiger charge is -2.59. The number of hydrogen-bond donors (Lipinski definition) is 0. The van der Waals surface area contributed by atoms with Gasteiger partial charge in [0.2, 0.25) is 23.6 Å². The molecule has 4 aromatic rings. The molecule has 6 atom stereocenters. The van der Waals surface area contributed by atoms with Crippen LogP contribution < -0.4 is 0 Å². The van der Waals surface area contributed by atoms with Crippen molar-refractivity contribution in [2.24, 2.45) is 35.0 Å². The van der Waals surface area contributed by atoms with E-state index in [4.69, 9.17) is 8.83 Å². The number of allylic oxidation sites excluding steroid dienone is 2. The molecule has 8 heteroatoms. The summed E-state index contributed by atoms with van der Waals surface area (Å²) in [4.78, 5) is 60.7. The van der Waals surface area contributed by atoms with E-state index in [1.54, 1.807) is 24.3 Å². The second-order valence-corrected chi connectivity index (χ2v) is 12.1. The Morgan fingerprint density at radius 2 is 1.07 bits per heavy atom. The van der Waals surface area contributed by atoms with Crippen LogP contribution in [-0.2, 0) is 32.3 Å². The van der Waals surface area contributed by atoms with Gasteiger partial charge >= 0.3 is 0 Å². The van der Waals surface area contributed by atoms with E-state index in [1.807, 2.05) is 67.6 Å². The predicted octanol–water partition coefficient (Wildman–Crippen LogP) is 5.43. The minimum atomic E-state index is -1.11. The molecule has 4 amide bonds. The molecule has 3 aliphatic carbocycles. The van der Waals surface area contributed by atoms with E-state index in [-0.39, 0.29) is 36.7 Å². The molecule has 0 N–H and O–H groups in total. The van der Waals surface area contributed by atoms with E-state index in [2.05, 4.69) is 0 Å². The molecule has 220 valence electrons. The number of nitrogens with zero attached hydrogens (tertiary/aromatic N) is 2. The molecule has 8 nitrogen and oxygen atoms in total. The molecule has 3 fully saturated rings. The Labute approximate surface area is 253 Å². The lowest BCUT2D eigenvalue weighted by atomic mass is 9.40. The lowest BCUT2D eigenvalue weighted by molar-refractivity contribution is -0.146. The van der Waals surface area contributed by atoms with Crippen LogP contribution in [0.25, 0.3) is 11.1 Å². The van der Waals surface area contributed by atoms with Gasteiger partial charge in [-0.3, -0.25) is 29.0 Å². The molecule has 9 rings (SSSR count). The second-order valence-electron chi connectivity index (χ2n) is 12.1. The summed E-state index contributed by atoms with van der Waals surface area (Å²) in [6, 6.07) is 26.6. The number of hydrogen-bond acceptors (Lipinski definition) is 6. The van der Waals surface area contributed by atoms with Crippen LogP contribution in [0.3, 0.4) is 0 Å². The standard InChI is InChI=1S/C36H30N2O6/c1-2-36-29(22-13-7-4-8-14-22)25(21-11-5-3-6-12-21)26(27-30(36)34(41)37(32(27)39)19-23-15-9-17-43-23)28-31(36)35(42)38(33(28)40)20-24-16-10-18-44-24/h3-18,26-28,30-31H,2,19-20H2,1H3/t26?,27-,28+,30-,31+,36?. The van der Waals surface area contributed by atoms with E-state index < -0.39 is 35.0 Å². The molecular formula is C36H30N2O6. The van der Waals surface area contributed by atoms with Gasteiger partial charge in [-0.1, -0.05) is 67.6 Å². The Hall–Kier alpha value is -4.98. The van der Waals surface area contributed by atoms with Gasteiger partial charge in [-0.15, -0.1) is 0 Å². The van der Waals surface area contributed by atoms with Gasteiger partial charge in [0.15, 0.2) is 0 Å². The summed E-state index contributed by atoms with van der Waals surface area (Å²) < 4.78 is 11.1. The number of rotatable bonds is 7. The first-order chi connectivity index (χ1) is 21.5. The van der Waals surface area contributed by atoms with Crippen LogP contribution in [-0.4, -0.2) is 33.4 Å².